The predicted octanol–water partition coefficient (Wildman–Crippen LogP) is 6.23. The number of allylic oxidation sites excluding steroid dienone is 2. The number of Topliss-reactive ketones (excluding diaryl/α,β-unsaturated/α-hetero) is 1. The second-order valence-electron chi connectivity index (χ2n) is 9.28. The third-order valence-corrected chi connectivity index (χ3v) is 7.31. The standard InChI is InChI=1S/C30H29NO3/c1-19-9-7-14-26(20(19)2)31-27-16-23(21-10-5-4-6-11-21)17-28(32)30(27)25(18-29(31)33)22-12-8-13-24(15-22)34-3/h4-15,23,25H,16-18H2,1-3H3. The molecule has 0 aromatic heterocycles. The molecule has 0 saturated carbocycles. The van der Waals surface area contributed by atoms with E-state index in [-0.39, 0.29) is 29.9 Å². The van der Waals surface area contributed by atoms with E-state index in [9.17, 15) is 9.59 Å². The summed E-state index contributed by atoms with van der Waals surface area (Å²) in [7, 11) is 1.63. The number of methoxy groups -OCH3 is 1. The molecule has 0 fully saturated rings. The number of carbonyl (C=O) groups excluding carboxylic acids is 2. The molecule has 2 unspecified atom stereocenters. The summed E-state index contributed by atoms with van der Waals surface area (Å²) in [6.07, 6.45) is 1.38. The van der Waals surface area contributed by atoms with Gasteiger partial charge in [0.15, 0.2) is 5.78 Å². The average Bonchev–Trinajstić information content (AvgIpc) is 2.86. The second-order valence-corrected chi connectivity index (χ2v) is 9.28. The van der Waals surface area contributed by atoms with Gasteiger partial charge in [0.2, 0.25) is 5.91 Å². The summed E-state index contributed by atoms with van der Waals surface area (Å²) in [5.41, 5.74) is 6.79. The minimum atomic E-state index is -0.261. The Morgan fingerprint density at radius 1 is 0.824 bits per heavy atom. The van der Waals surface area contributed by atoms with Gasteiger partial charge in [0.1, 0.15) is 5.75 Å². The lowest BCUT2D eigenvalue weighted by Crippen LogP contribution is -2.42. The summed E-state index contributed by atoms with van der Waals surface area (Å²) < 4.78 is 5.43. The fraction of sp³-hybridized carbons (Fsp3) is 0.267. The molecule has 0 N–H and O–H groups in total. The van der Waals surface area contributed by atoms with Crippen LogP contribution in [-0.2, 0) is 9.59 Å². The molecule has 1 aliphatic carbocycles. The van der Waals surface area contributed by atoms with Crippen LogP contribution in [0.2, 0.25) is 0 Å². The van der Waals surface area contributed by atoms with E-state index in [0.29, 0.717) is 12.8 Å². The number of ether oxygens (including phenoxy) is 1. The second kappa shape index (κ2) is 8.94. The summed E-state index contributed by atoms with van der Waals surface area (Å²) in [6.45, 7) is 4.10. The average molecular weight is 452 g/mol. The zero-order valence-electron chi connectivity index (χ0n) is 19.9. The third-order valence-electron chi connectivity index (χ3n) is 7.31. The maximum Gasteiger partial charge on any atom is 0.232 e. The van der Waals surface area contributed by atoms with Crippen LogP contribution in [0.3, 0.4) is 0 Å². The molecule has 1 heterocycles. The van der Waals surface area contributed by atoms with Crippen molar-refractivity contribution in [2.24, 2.45) is 0 Å². The molecule has 1 amide bonds. The minimum Gasteiger partial charge on any atom is -0.497 e. The Labute approximate surface area is 200 Å². The largest absolute Gasteiger partial charge is 0.497 e. The van der Waals surface area contributed by atoms with Gasteiger partial charge in [0.25, 0.3) is 0 Å². The number of hydrogen-bond donors (Lipinski definition) is 0. The molecule has 5 rings (SSSR count). The lowest BCUT2D eigenvalue weighted by atomic mass is 9.72. The molecule has 3 aromatic rings. The first-order valence-electron chi connectivity index (χ1n) is 11.8. The third kappa shape index (κ3) is 3.83. The van der Waals surface area contributed by atoms with Crippen LogP contribution >= 0.6 is 0 Å². The van der Waals surface area contributed by atoms with Gasteiger partial charge in [0, 0.05) is 30.0 Å². The Hall–Kier alpha value is -3.66. The van der Waals surface area contributed by atoms with Gasteiger partial charge in [-0.15, -0.1) is 0 Å². The first-order chi connectivity index (χ1) is 16.5. The number of benzene rings is 3. The van der Waals surface area contributed by atoms with Gasteiger partial charge in [-0.3, -0.25) is 14.5 Å². The highest BCUT2D eigenvalue weighted by Crippen LogP contribution is 2.47. The van der Waals surface area contributed by atoms with Gasteiger partial charge < -0.3 is 4.74 Å². The van der Waals surface area contributed by atoms with Crippen molar-refractivity contribution >= 4 is 17.4 Å². The van der Waals surface area contributed by atoms with Crippen molar-refractivity contribution in [1.82, 2.24) is 0 Å². The predicted molar refractivity (Wildman–Crippen MR) is 134 cm³/mol. The molecular formula is C30H29NO3. The van der Waals surface area contributed by atoms with E-state index in [1.54, 1.807) is 7.11 Å². The van der Waals surface area contributed by atoms with Crippen LogP contribution in [0.4, 0.5) is 5.69 Å². The Morgan fingerprint density at radius 3 is 2.32 bits per heavy atom. The lowest BCUT2D eigenvalue weighted by molar-refractivity contribution is -0.120. The first kappa shape index (κ1) is 22.1. The van der Waals surface area contributed by atoms with Crippen molar-refractivity contribution in [3.63, 3.8) is 0 Å². The molecule has 3 aromatic carbocycles. The smallest absolute Gasteiger partial charge is 0.232 e. The molecule has 4 heteroatoms. The zero-order valence-corrected chi connectivity index (χ0v) is 19.9. The molecule has 0 spiro atoms. The highest BCUT2D eigenvalue weighted by molar-refractivity contribution is 6.08. The summed E-state index contributed by atoms with van der Waals surface area (Å²) >= 11 is 0. The van der Waals surface area contributed by atoms with Crippen molar-refractivity contribution in [3.05, 3.63) is 106 Å². The monoisotopic (exact) mass is 451 g/mol. The Balaban J connectivity index is 1.68. The molecule has 0 bridgehead atoms. The maximum atomic E-state index is 13.8. The highest BCUT2D eigenvalue weighted by Gasteiger charge is 2.42. The zero-order chi connectivity index (χ0) is 23.8. The van der Waals surface area contributed by atoms with E-state index in [0.717, 1.165) is 45.0 Å². The van der Waals surface area contributed by atoms with Gasteiger partial charge in [-0.25, -0.2) is 0 Å². The highest BCUT2D eigenvalue weighted by atomic mass is 16.5. The molecule has 34 heavy (non-hydrogen) atoms. The normalized spacial score (nSPS) is 20.4. The van der Waals surface area contributed by atoms with E-state index in [4.69, 9.17) is 4.74 Å². The van der Waals surface area contributed by atoms with Crippen LogP contribution in [0, 0.1) is 13.8 Å². The Kier molecular flexibility index (Phi) is 5.82. The summed E-state index contributed by atoms with van der Waals surface area (Å²) in [4.78, 5) is 29.3. The molecule has 2 atom stereocenters. The van der Waals surface area contributed by atoms with Crippen LogP contribution in [0.5, 0.6) is 5.75 Å². The van der Waals surface area contributed by atoms with Gasteiger partial charge >= 0.3 is 0 Å². The first-order valence-corrected chi connectivity index (χ1v) is 11.8. The number of nitrogens with zero attached hydrogens (tertiary/aromatic N) is 1. The molecule has 4 nitrogen and oxygen atoms in total. The van der Waals surface area contributed by atoms with Crippen molar-refractivity contribution in [2.45, 2.75) is 44.9 Å². The van der Waals surface area contributed by atoms with Gasteiger partial charge in [-0.2, -0.15) is 0 Å². The van der Waals surface area contributed by atoms with E-state index in [1.165, 1.54) is 0 Å². The van der Waals surface area contributed by atoms with E-state index >= 15 is 0 Å². The molecule has 172 valence electrons. The number of anilines is 1. The molecule has 1 aliphatic heterocycles. The van der Waals surface area contributed by atoms with E-state index in [1.807, 2.05) is 66.4 Å². The van der Waals surface area contributed by atoms with E-state index in [2.05, 4.69) is 25.1 Å². The number of aryl methyl sites for hydroxylation is 1. The van der Waals surface area contributed by atoms with Crippen LogP contribution in [0.1, 0.15) is 53.4 Å². The lowest BCUT2D eigenvalue weighted by Gasteiger charge is -2.41. The van der Waals surface area contributed by atoms with E-state index < -0.39 is 0 Å². The Bertz CT molecular complexity index is 1290. The molecular weight excluding hydrogens is 422 g/mol. The number of carbonyl (C=O) groups is 2. The van der Waals surface area contributed by atoms with Gasteiger partial charge in [-0.05, 0) is 66.6 Å². The SMILES string of the molecule is COc1cccc(C2CC(=O)N(c3cccc(C)c3C)C3=C2C(=O)CC(c2ccccc2)C3)c1. The van der Waals surface area contributed by atoms with Crippen LogP contribution in [-0.4, -0.2) is 18.8 Å². The molecule has 0 radical (unpaired) electrons. The van der Waals surface area contributed by atoms with Gasteiger partial charge in [-0.1, -0.05) is 54.6 Å². The summed E-state index contributed by atoms with van der Waals surface area (Å²) in [6, 6.07) is 24.0. The van der Waals surface area contributed by atoms with Crippen LogP contribution < -0.4 is 9.64 Å². The topological polar surface area (TPSA) is 46.6 Å². The van der Waals surface area contributed by atoms with Crippen LogP contribution in [0.15, 0.2) is 84.1 Å². The minimum absolute atomic E-state index is 0.0294. The van der Waals surface area contributed by atoms with Gasteiger partial charge in [0.05, 0.1) is 12.8 Å². The van der Waals surface area contributed by atoms with Crippen molar-refractivity contribution < 1.29 is 14.3 Å². The van der Waals surface area contributed by atoms with Crippen LogP contribution in [0.25, 0.3) is 0 Å². The summed E-state index contributed by atoms with van der Waals surface area (Å²) in [5.74, 6) is 0.683. The fourth-order valence-electron chi connectivity index (χ4n) is 5.40. The number of rotatable bonds is 4. The molecule has 0 saturated heterocycles. The fourth-order valence-corrected chi connectivity index (χ4v) is 5.40. The molecule has 2 aliphatic rings. The number of ketones is 1. The number of amides is 1. The summed E-state index contributed by atoms with van der Waals surface area (Å²) in [5, 5.41) is 0. The quantitative estimate of drug-likeness (QED) is 0.472. The van der Waals surface area contributed by atoms with Crippen molar-refractivity contribution in [2.75, 3.05) is 12.0 Å². The number of hydrogen-bond acceptors (Lipinski definition) is 3. The van der Waals surface area contributed by atoms with Crippen molar-refractivity contribution in [1.29, 1.82) is 0 Å². The Morgan fingerprint density at radius 2 is 1.56 bits per heavy atom. The van der Waals surface area contributed by atoms with Crippen molar-refractivity contribution in [3.8, 4) is 5.75 Å². The maximum absolute atomic E-state index is 13.8.